The summed E-state index contributed by atoms with van der Waals surface area (Å²) in [5, 5.41) is 3.74. The first-order valence-corrected chi connectivity index (χ1v) is 8.59. The molecule has 0 aromatic heterocycles. The Labute approximate surface area is 141 Å². The van der Waals surface area contributed by atoms with Gasteiger partial charge in [0.25, 0.3) is 0 Å². The average Bonchev–Trinajstić information content (AvgIpc) is 3.04. The van der Waals surface area contributed by atoms with Gasteiger partial charge in [-0.2, -0.15) is 0 Å². The zero-order valence-corrected chi connectivity index (χ0v) is 13.9. The summed E-state index contributed by atoms with van der Waals surface area (Å²) in [7, 11) is 0. The number of carbonyl (C=O) groups is 1. The van der Waals surface area contributed by atoms with Gasteiger partial charge in [-0.1, -0.05) is 29.8 Å². The minimum atomic E-state index is -0.0441. The zero-order chi connectivity index (χ0) is 16.1. The Morgan fingerprint density at radius 1 is 1.35 bits per heavy atom. The van der Waals surface area contributed by atoms with Crippen molar-refractivity contribution in [3.8, 4) is 0 Å². The van der Waals surface area contributed by atoms with Gasteiger partial charge in [-0.3, -0.25) is 0 Å². The van der Waals surface area contributed by atoms with Gasteiger partial charge < -0.3 is 19.7 Å². The van der Waals surface area contributed by atoms with E-state index < -0.39 is 0 Å². The zero-order valence-electron chi connectivity index (χ0n) is 13.2. The van der Waals surface area contributed by atoms with E-state index in [9.17, 15) is 4.79 Å². The number of nitrogens with one attached hydrogen (secondary N) is 1. The van der Waals surface area contributed by atoms with E-state index in [0.29, 0.717) is 26.4 Å². The quantitative estimate of drug-likeness (QED) is 0.917. The Morgan fingerprint density at radius 2 is 2.22 bits per heavy atom. The highest BCUT2D eigenvalue weighted by Gasteiger charge is 2.29. The van der Waals surface area contributed by atoms with Crippen LogP contribution in [0.25, 0.3) is 0 Å². The number of nitrogens with zero attached hydrogens (tertiary/aromatic N) is 1. The third kappa shape index (κ3) is 4.37. The normalized spacial score (nSPS) is 24.7. The predicted molar refractivity (Wildman–Crippen MR) is 88.8 cm³/mol. The fourth-order valence-corrected chi connectivity index (χ4v) is 3.40. The Morgan fingerprint density at radius 3 is 3.00 bits per heavy atom. The summed E-state index contributed by atoms with van der Waals surface area (Å²) >= 11 is 6.24. The van der Waals surface area contributed by atoms with Crippen molar-refractivity contribution in [1.29, 1.82) is 0 Å². The maximum Gasteiger partial charge on any atom is 0.317 e. The van der Waals surface area contributed by atoms with E-state index in [1.807, 2.05) is 29.2 Å². The molecule has 2 aliphatic rings. The van der Waals surface area contributed by atoms with Crippen molar-refractivity contribution in [3.05, 3.63) is 34.9 Å². The minimum absolute atomic E-state index is 0.0197. The summed E-state index contributed by atoms with van der Waals surface area (Å²) in [5.41, 5.74) is 1.10. The highest BCUT2D eigenvalue weighted by Crippen LogP contribution is 2.24. The molecule has 0 spiro atoms. The molecular weight excluding hydrogens is 316 g/mol. The summed E-state index contributed by atoms with van der Waals surface area (Å²) in [6, 6.07) is 8.03. The van der Waals surface area contributed by atoms with E-state index >= 15 is 0 Å². The molecule has 2 unspecified atom stereocenters. The molecule has 2 aliphatic heterocycles. The van der Waals surface area contributed by atoms with Gasteiger partial charge in [0.15, 0.2) is 0 Å². The molecule has 126 valence electrons. The number of benzene rings is 1. The Bertz CT molecular complexity index is 534. The van der Waals surface area contributed by atoms with Crippen LogP contribution in [0.5, 0.6) is 0 Å². The second kappa shape index (κ2) is 7.99. The molecule has 2 heterocycles. The Balaban J connectivity index is 1.53. The molecule has 5 nitrogen and oxygen atoms in total. The van der Waals surface area contributed by atoms with E-state index in [-0.39, 0.29) is 18.2 Å². The summed E-state index contributed by atoms with van der Waals surface area (Å²) in [5.74, 6) is 0. The summed E-state index contributed by atoms with van der Waals surface area (Å²) < 4.78 is 10.9. The molecule has 1 aromatic rings. The van der Waals surface area contributed by atoms with E-state index in [1.165, 1.54) is 0 Å². The lowest BCUT2D eigenvalue weighted by Gasteiger charge is -2.28. The number of amides is 2. The number of urea groups is 1. The number of carbonyl (C=O) groups excluding carboxylic acids is 1. The van der Waals surface area contributed by atoms with Crippen LogP contribution in [0.15, 0.2) is 24.3 Å². The lowest BCUT2D eigenvalue weighted by atomic mass is 10.0. The van der Waals surface area contributed by atoms with Gasteiger partial charge in [0.1, 0.15) is 0 Å². The smallest absolute Gasteiger partial charge is 0.317 e. The fourth-order valence-electron chi connectivity index (χ4n) is 3.19. The van der Waals surface area contributed by atoms with Crippen molar-refractivity contribution >= 4 is 17.6 Å². The molecule has 3 rings (SSSR count). The van der Waals surface area contributed by atoms with Crippen LogP contribution >= 0.6 is 11.6 Å². The number of likely N-dealkylation sites (tertiary alicyclic amines) is 1. The Kier molecular flexibility index (Phi) is 5.75. The van der Waals surface area contributed by atoms with Crippen molar-refractivity contribution in [3.63, 3.8) is 0 Å². The first-order chi connectivity index (χ1) is 11.2. The van der Waals surface area contributed by atoms with E-state index in [2.05, 4.69) is 5.32 Å². The van der Waals surface area contributed by atoms with E-state index in [4.69, 9.17) is 21.1 Å². The standard InChI is InChI=1S/C17H23ClN2O3/c18-16-6-2-1-4-13(16)10-14-5-3-7-20(14)17(21)19-11-15-12-22-8-9-23-15/h1-2,4,6,14-15H,3,5,7-12H2,(H,19,21). The van der Waals surface area contributed by atoms with Crippen molar-refractivity contribution in [1.82, 2.24) is 10.2 Å². The van der Waals surface area contributed by atoms with Gasteiger partial charge in [-0.25, -0.2) is 4.79 Å². The van der Waals surface area contributed by atoms with Gasteiger partial charge in [0.2, 0.25) is 0 Å². The van der Waals surface area contributed by atoms with Crippen LogP contribution in [0.3, 0.4) is 0 Å². The molecule has 6 heteroatoms. The molecule has 0 bridgehead atoms. The van der Waals surface area contributed by atoms with E-state index in [1.54, 1.807) is 0 Å². The molecule has 1 aromatic carbocycles. The van der Waals surface area contributed by atoms with Crippen molar-refractivity contribution in [2.24, 2.45) is 0 Å². The maximum absolute atomic E-state index is 12.5. The molecule has 1 N–H and O–H groups in total. The highest BCUT2D eigenvalue weighted by molar-refractivity contribution is 6.31. The van der Waals surface area contributed by atoms with Crippen LogP contribution in [0.4, 0.5) is 4.79 Å². The lowest BCUT2D eigenvalue weighted by molar-refractivity contribution is -0.0856. The third-order valence-corrected chi connectivity index (χ3v) is 4.79. The number of hydrogen-bond donors (Lipinski definition) is 1. The molecule has 23 heavy (non-hydrogen) atoms. The molecule has 2 saturated heterocycles. The van der Waals surface area contributed by atoms with Gasteiger partial charge in [-0.15, -0.1) is 0 Å². The number of halogens is 1. The van der Waals surface area contributed by atoms with Gasteiger partial charge in [0, 0.05) is 24.2 Å². The molecule has 2 fully saturated rings. The summed E-state index contributed by atoms with van der Waals surface area (Å²) in [6.07, 6.45) is 2.81. The van der Waals surface area contributed by atoms with Gasteiger partial charge >= 0.3 is 6.03 Å². The number of hydrogen-bond acceptors (Lipinski definition) is 3. The molecule has 0 aliphatic carbocycles. The van der Waals surface area contributed by atoms with Crippen LogP contribution in [0, 0.1) is 0 Å². The average molecular weight is 339 g/mol. The van der Waals surface area contributed by atoms with Gasteiger partial charge in [-0.05, 0) is 30.9 Å². The summed E-state index contributed by atoms with van der Waals surface area (Å²) in [4.78, 5) is 14.4. The van der Waals surface area contributed by atoms with E-state index in [0.717, 1.165) is 36.4 Å². The number of ether oxygens (including phenoxy) is 2. The van der Waals surface area contributed by atoms with Crippen LogP contribution < -0.4 is 5.32 Å². The lowest BCUT2D eigenvalue weighted by Crippen LogP contribution is -2.47. The molecule has 0 saturated carbocycles. The van der Waals surface area contributed by atoms with Crippen molar-refractivity contribution < 1.29 is 14.3 Å². The van der Waals surface area contributed by atoms with Crippen LogP contribution in [-0.4, -0.2) is 56.0 Å². The van der Waals surface area contributed by atoms with Crippen LogP contribution in [0.2, 0.25) is 5.02 Å². The largest absolute Gasteiger partial charge is 0.376 e. The first-order valence-electron chi connectivity index (χ1n) is 8.21. The maximum atomic E-state index is 12.5. The van der Waals surface area contributed by atoms with Crippen molar-refractivity contribution in [2.75, 3.05) is 32.9 Å². The van der Waals surface area contributed by atoms with Gasteiger partial charge in [0.05, 0.1) is 25.9 Å². The highest BCUT2D eigenvalue weighted by atomic mass is 35.5. The molecular formula is C17H23ClN2O3. The molecule has 2 atom stereocenters. The summed E-state index contributed by atoms with van der Waals surface area (Å²) in [6.45, 7) is 3.07. The Hall–Kier alpha value is -1.30. The third-order valence-electron chi connectivity index (χ3n) is 4.42. The molecule has 2 amide bonds. The first kappa shape index (κ1) is 16.6. The minimum Gasteiger partial charge on any atom is -0.376 e. The predicted octanol–water partition coefficient (Wildman–Crippen LogP) is 2.47. The second-order valence-corrected chi connectivity index (χ2v) is 6.45. The fraction of sp³-hybridized carbons (Fsp3) is 0.588. The monoisotopic (exact) mass is 338 g/mol. The molecule has 0 radical (unpaired) electrons. The van der Waals surface area contributed by atoms with Crippen molar-refractivity contribution in [2.45, 2.75) is 31.4 Å². The van der Waals surface area contributed by atoms with Crippen LogP contribution in [0.1, 0.15) is 18.4 Å². The second-order valence-electron chi connectivity index (χ2n) is 6.04. The van der Waals surface area contributed by atoms with Crippen LogP contribution in [-0.2, 0) is 15.9 Å². The SMILES string of the molecule is O=C(NCC1COCCO1)N1CCCC1Cc1ccccc1Cl. The number of rotatable bonds is 4. The topological polar surface area (TPSA) is 50.8 Å².